The van der Waals surface area contributed by atoms with Crippen LogP contribution in [0.25, 0.3) is 0 Å². The summed E-state index contributed by atoms with van der Waals surface area (Å²) in [6.45, 7) is 12.8. The Morgan fingerprint density at radius 2 is 2.04 bits per heavy atom. The van der Waals surface area contributed by atoms with Crippen molar-refractivity contribution < 1.29 is 23.8 Å². The van der Waals surface area contributed by atoms with Crippen LogP contribution in [0.3, 0.4) is 0 Å². The summed E-state index contributed by atoms with van der Waals surface area (Å²) < 4.78 is 16.7. The summed E-state index contributed by atoms with van der Waals surface area (Å²) in [6.07, 6.45) is 6.84. The number of methoxy groups -OCH3 is 1. The first kappa shape index (κ1) is 21.1. The number of Topliss-reactive ketones (excluding diaryl/α,β-unsaturated/α-hetero) is 1. The molecule has 0 spiro atoms. The van der Waals surface area contributed by atoms with Crippen LogP contribution in [0.2, 0.25) is 19.6 Å². The van der Waals surface area contributed by atoms with Crippen LogP contribution in [0.1, 0.15) is 40.0 Å². The summed E-state index contributed by atoms with van der Waals surface area (Å²) in [5, 5.41) is -0.258. The van der Waals surface area contributed by atoms with E-state index in [2.05, 4.69) is 24.4 Å². The van der Waals surface area contributed by atoms with Gasteiger partial charge >= 0.3 is 5.97 Å². The monoisotopic (exact) mass is 380 g/mol. The summed E-state index contributed by atoms with van der Waals surface area (Å²) in [6, 6.07) is 0. The lowest BCUT2D eigenvalue weighted by Gasteiger charge is -2.26. The lowest BCUT2D eigenvalue weighted by atomic mass is 10.1. The Labute approximate surface area is 157 Å². The van der Waals surface area contributed by atoms with E-state index in [0.717, 1.165) is 5.57 Å². The van der Waals surface area contributed by atoms with Crippen molar-refractivity contribution in [3.8, 4) is 0 Å². The molecular formula is C20H32O5Si. The largest absolute Gasteiger partial charge is 0.466 e. The Hall–Kier alpha value is -1.24. The molecule has 2 aliphatic rings. The van der Waals surface area contributed by atoms with Gasteiger partial charge in [0.1, 0.15) is 0 Å². The van der Waals surface area contributed by atoms with Gasteiger partial charge in [-0.15, -0.1) is 0 Å². The number of carbonyl (C=O) groups excluding carboxylic acids is 2. The van der Waals surface area contributed by atoms with Gasteiger partial charge < -0.3 is 14.2 Å². The van der Waals surface area contributed by atoms with Crippen molar-refractivity contribution in [3.05, 3.63) is 23.8 Å². The summed E-state index contributed by atoms with van der Waals surface area (Å²) in [4.78, 5) is 23.7. The van der Waals surface area contributed by atoms with Crippen molar-refractivity contribution in [1.29, 1.82) is 0 Å². The lowest BCUT2D eigenvalue weighted by molar-refractivity contribution is -0.134. The van der Waals surface area contributed by atoms with Crippen LogP contribution in [0, 0.1) is 0 Å². The predicted molar refractivity (Wildman–Crippen MR) is 104 cm³/mol. The Morgan fingerprint density at radius 3 is 2.58 bits per heavy atom. The molecule has 1 aliphatic heterocycles. The van der Waals surface area contributed by atoms with E-state index in [9.17, 15) is 9.59 Å². The summed E-state index contributed by atoms with van der Waals surface area (Å²) in [5.74, 6) is -0.198. The lowest BCUT2D eigenvalue weighted by Crippen LogP contribution is -2.44. The molecule has 0 aromatic rings. The molecule has 26 heavy (non-hydrogen) atoms. The molecule has 0 amide bonds. The van der Waals surface area contributed by atoms with E-state index < -0.39 is 8.07 Å². The summed E-state index contributed by atoms with van der Waals surface area (Å²) in [5.41, 5.74) is 0.561. The molecule has 0 radical (unpaired) electrons. The van der Waals surface area contributed by atoms with E-state index in [0.29, 0.717) is 19.3 Å². The van der Waals surface area contributed by atoms with E-state index in [1.54, 1.807) is 6.08 Å². The van der Waals surface area contributed by atoms with E-state index in [1.165, 1.54) is 13.2 Å². The van der Waals surface area contributed by atoms with Crippen LogP contribution < -0.4 is 0 Å². The van der Waals surface area contributed by atoms with Crippen molar-refractivity contribution >= 4 is 19.8 Å². The standard InChI is InChI=1S/C20H32O5Si/c1-19(2,3)24-15-11-14(16(21)12-15)13-20(26(5,6)7)17(25-20)9-8-10-18(22)23-4/h8,10-11,15,17H,9,12-13H2,1-7H3/b10-8+. The van der Waals surface area contributed by atoms with Gasteiger partial charge in [-0.3, -0.25) is 4.79 Å². The van der Waals surface area contributed by atoms with Gasteiger partial charge in [0, 0.05) is 18.9 Å². The maximum Gasteiger partial charge on any atom is 0.330 e. The zero-order valence-corrected chi connectivity index (χ0v) is 18.0. The maximum absolute atomic E-state index is 12.5. The molecule has 146 valence electrons. The van der Waals surface area contributed by atoms with Gasteiger partial charge in [0.15, 0.2) is 5.78 Å². The van der Waals surface area contributed by atoms with E-state index in [1.807, 2.05) is 26.8 Å². The predicted octanol–water partition coefficient (Wildman–Crippen LogP) is 3.59. The van der Waals surface area contributed by atoms with Gasteiger partial charge in [-0.25, -0.2) is 4.79 Å². The molecule has 0 saturated carbocycles. The fraction of sp³-hybridized carbons (Fsp3) is 0.700. The van der Waals surface area contributed by atoms with Crippen LogP contribution in [0.5, 0.6) is 0 Å². The third-order valence-electron chi connectivity index (χ3n) is 4.98. The highest BCUT2D eigenvalue weighted by Gasteiger charge is 2.63. The number of hydrogen-bond acceptors (Lipinski definition) is 5. The Balaban J connectivity index is 2.08. The van der Waals surface area contributed by atoms with Crippen LogP contribution in [0.15, 0.2) is 23.8 Å². The minimum atomic E-state index is -1.69. The van der Waals surface area contributed by atoms with Crippen LogP contribution in [-0.2, 0) is 23.8 Å². The highest BCUT2D eigenvalue weighted by atomic mass is 28.3. The molecule has 6 heteroatoms. The van der Waals surface area contributed by atoms with Gasteiger partial charge in [0.25, 0.3) is 0 Å². The fourth-order valence-corrected chi connectivity index (χ4v) is 5.86. The van der Waals surface area contributed by atoms with Crippen molar-refractivity contribution in [2.75, 3.05) is 7.11 Å². The van der Waals surface area contributed by atoms with Crippen molar-refractivity contribution in [1.82, 2.24) is 0 Å². The van der Waals surface area contributed by atoms with Gasteiger partial charge in [0.2, 0.25) is 0 Å². The third kappa shape index (κ3) is 4.93. The average molecular weight is 381 g/mol. The topological polar surface area (TPSA) is 65.1 Å². The van der Waals surface area contributed by atoms with Crippen molar-refractivity contribution in [2.24, 2.45) is 0 Å². The number of ketones is 1. The quantitative estimate of drug-likeness (QED) is 0.292. The van der Waals surface area contributed by atoms with Gasteiger partial charge in [-0.2, -0.15) is 0 Å². The third-order valence-corrected chi connectivity index (χ3v) is 8.14. The molecule has 1 aliphatic carbocycles. The zero-order chi connectivity index (χ0) is 19.8. The Kier molecular flexibility index (Phi) is 6.00. The number of epoxide rings is 1. The molecule has 3 unspecified atom stereocenters. The first-order valence-corrected chi connectivity index (χ1v) is 12.7. The first-order chi connectivity index (χ1) is 11.9. The Morgan fingerprint density at radius 1 is 1.38 bits per heavy atom. The van der Waals surface area contributed by atoms with Gasteiger partial charge in [-0.1, -0.05) is 25.7 Å². The SMILES string of the molecule is COC(=O)/C=C/CC1OC1(CC1=CC(OC(C)(C)C)CC1=O)[Si](C)(C)C. The van der Waals surface area contributed by atoms with Gasteiger partial charge in [0.05, 0.1) is 38.2 Å². The second-order valence-corrected chi connectivity index (χ2v) is 14.5. The molecule has 0 bridgehead atoms. The second-order valence-electron chi connectivity index (χ2n) is 9.17. The summed E-state index contributed by atoms with van der Waals surface area (Å²) in [7, 11) is -0.332. The second kappa shape index (κ2) is 7.41. The molecule has 1 saturated heterocycles. The number of carbonyl (C=O) groups is 2. The number of ether oxygens (including phenoxy) is 3. The molecular weight excluding hydrogens is 348 g/mol. The number of hydrogen-bond donors (Lipinski definition) is 0. The average Bonchev–Trinajstić information content (AvgIpc) is 3.08. The smallest absolute Gasteiger partial charge is 0.330 e. The van der Waals surface area contributed by atoms with E-state index in [4.69, 9.17) is 9.47 Å². The van der Waals surface area contributed by atoms with E-state index >= 15 is 0 Å². The van der Waals surface area contributed by atoms with Gasteiger partial charge in [-0.05, 0) is 38.8 Å². The molecule has 5 nitrogen and oxygen atoms in total. The number of rotatable bonds is 7. The van der Waals surface area contributed by atoms with Crippen LogP contribution in [-0.4, -0.2) is 50.0 Å². The highest BCUT2D eigenvalue weighted by Crippen LogP contribution is 2.51. The molecule has 0 N–H and O–H groups in total. The maximum atomic E-state index is 12.5. The zero-order valence-electron chi connectivity index (χ0n) is 17.0. The minimum Gasteiger partial charge on any atom is -0.466 e. The molecule has 0 aromatic carbocycles. The molecule has 1 fully saturated rings. The molecule has 2 rings (SSSR count). The molecule has 3 atom stereocenters. The highest BCUT2D eigenvalue weighted by molar-refractivity contribution is 6.80. The molecule has 0 aromatic heterocycles. The minimum absolute atomic E-state index is 0.0476. The fourth-order valence-electron chi connectivity index (χ4n) is 3.55. The van der Waals surface area contributed by atoms with Crippen LogP contribution >= 0.6 is 0 Å². The van der Waals surface area contributed by atoms with Crippen molar-refractivity contribution in [3.63, 3.8) is 0 Å². The van der Waals surface area contributed by atoms with Crippen molar-refractivity contribution in [2.45, 2.75) is 82.7 Å². The first-order valence-electron chi connectivity index (χ1n) is 9.22. The van der Waals surface area contributed by atoms with Crippen LogP contribution in [0.4, 0.5) is 0 Å². The number of esters is 1. The Bertz CT molecular complexity index is 623. The summed E-state index contributed by atoms with van der Waals surface area (Å²) >= 11 is 0. The van der Waals surface area contributed by atoms with E-state index in [-0.39, 0.29) is 34.8 Å². The normalized spacial score (nSPS) is 29.2. The molecule has 1 heterocycles.